The third-order valence-corrected chi connectivity index (χ3v) is 7.07. The second-order valence-electron chi connectivity index (χ2n) is 8.73. The highest BCUT2D eigenvalue weighted by molar-refractivity contribution is 9.10. The molecule has 0 bridgehead atoms. The van der Waals surface area contributed by atoms with Crippen LogP contribution in [0.4, 0.5) is 15.8 Å². The number of thioether (sulfide) groups is 1. The van der Waals surface area contributed by atoms with Gasteiger partial charge in [0.1, 0.15) is 11.5 Å². The molecule has 0 aliphatic rings. The summed E-state index contributed by atoms with van der Waals surface area (Å²) in [5.74, 6) is -1.78. The number of nitrogens with one attached hydrogen (secondary N) is 3. The molecule has 0 atom stereocenters. The van der Waals surface area contributed by atoms with E-state index in [9.17, 15) is 18.8 Å². The van der Waals surface area contributed by atoms with Crippen LogP contribution >= 0.6 is 27.7 Å². The van der Waals surface area contributed by atoms with Gasteiger partial charge >= 0.3 is 0 Å². The Morgan fingerprint density at radius 3 is 2.35 bits per heavy atom. The molecule has 40 heavy (non-hydrogen) atoms. The zero-order chi connectivity index (χ0) is 28.5. The standard InChI is InChI=1S/C31H25BrFN3O3S/c1-20-10-12-21(13-11-20)16-28(36-30(38)22-6-3-2-4-7-22)31(39)34-24-8-5-9-25(18-24)40-19-29(37)35-27-15-14-23(32)17-26(27)33/h2-18H,19H2,1H3,(H,34,39)(H,35,37)(H,36,38)/b28-16-. The number of anilines is 2. The van der Waals surface area contributed by atoms with Crippen molar-refractivity contribution in [1.29, 1.82) is 0 Å². The number of rotatable bonds is 9. The van der Waals surface area contributed by atoms with E-state index in [0.29, 0.717) is 15.7 Å². The predicted molar refractivity (Wildman–Crippen MR) is 162 cm³/mol. The fraction of sp³-hybridized carbons (Fsp3) is 0.0645. The molecule has 4 aromatic carbocycles. The first-order valence-corrected chi connectivity index (χ1v) is 14.0. The maximum absolute atomic E-state index is 14.0. The van der Waals surface area contributed by atoms with Gasteiger partial charge in [-0.05, 0) is 67.1 Å². The van der Waals surface area contributed by atoms with Crippen molar-refractivity contribution in [3.8, 4) is 0 Å². The number of hydrogen-bond donors (Lipinski definition) is 3. The van der Waals surface area contributed by atoms with Gasteiger partial charge in [0.05, 0.1) is 11.4 Å². The molecule has 3 amide bonds. The lowest BCUT2D eigenvalue weighted by Gasteiger charge is -2.12. The minimum Gasteiger partial charge on any atom is -0.323 e. The van der Waals surface area contributed by atoms with E-state index in [4.69, 9.17) is 0 Å². The van der Waals surface area contributed by atoms with Crippen LogP contribution in [-0.4, -0.2) is 23.5 Å². The van der Waals surface area contributed by atoms with E-state index >= 15 is 0 Å². The van der Waals surface area contributed by atoms with Gasteiger partial charge in [0, 0.05) is 20.6 Å². The van der Waals surface area contributed by atoms with E-state index in [0.717, 1.165) is 16.0 Å². The van der Waals surface area contributed by atoms with Gasteiger partial charge in [0.25, 0.3) is 11.8 Å². The van der Waals surface area contributed by atoms with Crippen LogP contribution in [0.2, 0.25) is 0 Å². The molecule has 202 valence electrons. The maximum atomic E-state index is 14.0. The molecule has 6 nitrogen and oxygen atoms in total. The normalized spacial score (nSPS) is 11.0. The van der Waals surface area contributed by atoms with Crippen molar-refractivity contribution in [3.05, 3.63) is 130 Å². The Kier molecular flexibility index (Phi) is 9.88. The molecular weight excluding hydrogens is 593 g/mol. The number of amides is 3. The van der Waals surface area contributed by atoms with Crippen molar-refractivity contribution in [1.82, 2.24) is 5.32 Å². The van der Waals surface area contributed by atoms with Crippen molar-refractivity contribution < 1.29 is 18.8 Å². The molecule has 0 aliphatic carbocycles. The molecule has 0 aromatic heterocycles. The first kappa shape index (κ1) is 28.8. The minimum absolute atomic E-state index is 0.0403. The molecule has 9 heteroatoms. The zero-order valence-electron chi connectivity index (χ0n) is 21.4. The summed E-state index contributed by atoms with van der Waals surface area (Å²) in [7, 11) is 0. The summed E-state index contributed by atoms with van der Waals surface area (Å²) in [6.45, 7) is 1.96. The van der Waals surface area contributed by atoms with Crippen molar-refractivity contribution >= 4 is 62.9 Å². The van der Waals surface area contributed by atoms with Crippen LogP contribution in [0.25, 0.3) is 6.08 Å². The molecule has 0 saturated carbocycles. The summed E-state index contributed by atoms with van der Waals surface area (Å²) in [5, 5.41) is 8.10. The van der Waals surface area contributed by atoms with Gasteiger partial charge < -0.3 is 16.0 Å². The van der Waals surface area contributed by atoms with Gasteiger partial charge in [0.2, 0.25) is 5.91 Å². The largest absolute Gasteiger partial charge is 0.323 e. The van der Waals surface area contributed by atoms with E-state index in [-0.39, 0.29) is 23.0 Å². The smallest absolute Gasteiger partial charge is 0.272 e. The lowest BCUT2D eigenvalue weighted by molar-refractivity contribution is -0.114. The summed E-state index contributed by atoms with van der Waals surface area (Å²) in [6, 6.07) is 27.6. The Morgan fingerprint density at radius 1 is 0.875 bits per heavy atom. The third kappa shape index (κ3) is 8.39. The van der Waals surface area contributed by atoms with E-state index in [1.807, 2.05) is 31.2 Å². The van der Waals surface area contributed by atoms with E-state index in [1.54, 1.807) is 66.7 Å². The van der Waals surface area contributed by atoms with Crippen LogP contribution in [0.1, 0.15) is 21.5 Å². The minimum atomic E-state index is -0.536. The second kappa shape index (κ2) is 13.7. The van der Waals surface area contributed by atoms with Gasteiger partial charge in [-0.1, -0.05) is 70.0 Å². The van der Waals surface area contributed by atoms with E-state index < -0.39 is 17.6 Å². The molecule has 0 heterocycles. The van der Waals surface area contributed by atoms with Crippen LogP contribution < -0.4 is 16.0 Å². The molecular formula is C31H25BrFN3O3S. The van der Waals surface area contributed by atoms with Crippen molar-refractivity contribution in [3.63, 3.8) is 0 Å². The summed E-state index contributed by atoms with van der Waals surface area (Å²) in [5.41, 5.74) is 2.90. The number of aryl methyl sites for hydroxylation is 1. The zero-order valence-corrected chi connectivity index (χ0v) is 23.8. The van der Waals surface area contributed by atoms with Crippen LogP contribution in [0, 0.1) is 12.7 Å². The monoisotopic (exact) mass is 617 g/mol. The number of halogens is 2. The molecule has 4 aromatic rings. The molecule has 3 N–H and O–H groups in total. The second-order valence-corrected chi connectivity index (χ2v) is 10.7. The number of carbonyl (C=O) groups excluding carboxylic acids is 3. The Morgan fingerprint density at radius 2 is 1.62 bits per heavy atom. The molecule has 0 aliphatic heterocycles. The average molecular weight is 619 g/mol. The van der Waals surface area contributed by atoms with Crippen molar-refractivity contribution in [2.24, 2.45) is 0 Å². The number of hydrogen-bond acceptors (Lipinski definition) is 4. The average Bonchev–Trinajstić information content (AvgIpc) is 2.95. The molecule has 0 unspecified atom stereocenters. The Hall–Kier alpha value is -4.21. The lowest BCUT2D eigenvalue weighted by atomic mass is 10.1. The first-order chi connectivity index (χ1) is 19.3. The highest BCUT2D eigenvalue weighted by Gasteiger charge is 2.16. The van der Waals surface area contributed by atoms with E-state index in [2.05, 4.69) is 31.9 Å². The molecule has 0 fully saturated rings. The predicted octanol–water partition coefficient (Wildman–Crippen LogP) is 7.04. The molecule has 0 radical (unpaired) electrons. The fourth-order valence-corrected chi connectivity index (χ4v) is 4.65. The van der Waals surface area contributed by atoms with Crippen LogP contribution in [0.5, 0.6) is 0 Å². The summed E-state index contributed by atoms with van der Waals surface area (Å²) in [6.07, 6.45) is 1.61. The van der Waals surface area contributed by atoms with Gasteiger partial charge in [0.15, 0.2) is 0 Å². The Balaban J connectivity index is 1.44. The fourth-order valence-electron chi connectivity index (χ4n) is 3.56. The van der Waals surface area contributed by atoms with Crippen LogP contribution in [0.15, 0.2) is 112 Å². The Labute approximate surface area is 244 Å². The number of carbonyl (C=O) groups is 3. The third-order valence-electron chi connectivity index (χ3n) is 5.58. The molecule has 0 saturated heterocycles. The maximum Gasteiger partial charge on any atom is 0.272 e. The topological polar surface area (TPSA) is 87.3 Å². The van der Waals surface area contributed by atoms with Crippen LogP contribution in [0.3, 0.4) is 0 Å². The highest BCUT2D eigenvalue weighted by atomic mass is 79.9. The van der Waals surface area contributed by atoms with Gasteiger partial charge in [-0.25, -0.2) is 4.39 Å². The van der Waals surface area contributed by atoms with Crippen molar-refractivity contribution in [2.45, 2.75) is 11.8 Å². The summed E-state index contributed by atoms with van der Waals surface area (Å²) < 4.78 is 14.6. The molecule has 4 rings (SSSR count). The summed E-state index contributed by atoms with van der Waals surface area (Å²) >= 11 is 4.43. The number of benzene rings is 4. The molecule has 0 spiro atoms. The van der Waals surface area contributed by atoms with Gasteiger partial charge in [-0.2, -0.15) is 0 Å². The van der Waals surface area contributed by atoms with Gasteiger partial charge in [-0.3, -0.25) is 14.4 Å². The van der Waals surface area contributed by atoms with Gasteiger partial charge in [-0.15, -0.1) is 11.8 Å². The van der Waals surface area contributed by atoms with Crippen LogP contribution in [-0.2, 0) is 9.59 Å². The van der Waals surface area contributed by atoms with Crippen molar-refractivity contribution in [2.75, 3.05) is 16.4 Å². The first-order valence-electron chi connectivity index (χ1n) is 12.2. The highest BCUT2D eigenvalue weighted by Crippen LogP contribution is 2.24. The SMILES string of the molecule is Cc1ccc(/C=C(\NC(=O)c2ccccc2)C(=O)Nc2cccc(SCC(=O)Nc3ccc(Br)cc3F)c2)cc1. The Bertz CT molecular complexity index is 1560. The summed E-state index contributed by atoms with van der Waals surface area (Å²) in [4.78, 5) is 39.2. The lowest BCUT2D eigenvalue weighted by Crippen LogP contribution is -2.30. The van der Waals surface area contributed by atoms with E-state index in [1.165, 1.54) is 23.9 Å². The quantitative estimate of drug-likeness (QED) is 0.139.